The number of sulfonamides is 1. The van der Waals surface area contributed by atoms with Gasteiger partial charge in [-0.1, -0.05) is 36.4 Å². The molecule has 0 aromatic heterocycles. The molecule has 0 bridgehead atoms. The fraction of sp³-hybridized carbons (Fsp3) is 0.364. The molecule has 3 heterocycles. The lowest BCUT2D eigenvalue weighted by Gasteiger charge is -2.31. The number of amidine groups is 1. The molecule has 0 unspecified atom stereocenters. The Kier molecular flexibility index (Phi) is 4.52. The van der Waals surface area contributed by atoms with Crippen molar-refractivity contribution in [3.8, 4) is 0 Å². The molecule has 0 N–H and O–H groups in total. The molecule has 29 heavy (non-hydrogen) atoms. The fourth-order valence-corrected chi connectivity index (χ4v) is 6.00. The highest BCUT2D eigenvalue weighted by Gasteiger charge is 2.37. The third-order valence-corrected chi connectivity index (χ3v) is 7.94. The van der Waals surface area contributed by atoms with E-state index >= 15 is 0 Å². The van der Waals surface area contributed by atoms with E-state index in [0.29, 0.717) is 30.9 Å². The number of aliphatic imine (C=N–C) groups is 1. The number of carbonyl (C=O) groups excluding carboxylic acids is 1. The van der Waals surface area contributed by atoms with Crippen LogP contribution in [-0.2, 0) is 27.8 Å². The van der Waals surface area contributed by atoms with Crippen molar-refractivity contribution >= 4 is 21.8 Å². The standard InChI is InChI=1S/C22H23N3O3S/c26-22-20-10-3-4-12-25(20)21(23-22)17-8-5-9-19(14-17)29(27,28)24-13-11-16-6-1-2-7-18(16)15-24/h1-2,5-9,14,20H,3-4,10-13,15H2/t20-/m0/s1. The minimum absolute atomic E-state index is 0.111. The molecule has 1 fully saturated rings. The third-order valence-electron chi connectivity index (χ3n) is 6.10. The van der Waals surface area contributed by atoms with Crippen molar-refractivity contribution in [3.63, 3.8) is 0 Å². The van der Waals surface area contributed by atoms with Gasteiger partial charge < -0.3 is 4.90 Å². The van der Waals surface area contributed by atoms with Crippen molar-refractivity contribution in [1.82, 2.24) is 9.21 Å². The maximum atomic E-state index is 13.3. The van der Waals surface area contributed by atoms with Gasteiger partial charge in [0.25, 0.3) is 5.91 Å². The second-order valence-electron chi connectivity index (χ2n) is 7.86. The molecule has 0 aliphatic carbocycles. The zero-order chi connectivity index (χ0) is 20.0. The summed E-state index contributed by atoms with van der Waals surface area (Å²) >= 11 is 0. The van der Waals surface area contributed by atoms with Crippen LogP contribution < -0.4 is 0 Å². The zero-order valence-electron chi connectivity index (χ0n) is 16.1. The van der Waals surface area contributed by atoms with E-state index in [-0.39, 0.29) is 16.8 Å². The molecular weight excluding hydrogens is 386 g/mol. The molecule has 2 aromatic rings. The third kappa shape index (κ3) is 3.18. The average Bonchev–Trinajstić information content (AvgIpc) is 3.10. The van der Waals surface area contributed by atoms with Gasteiger partial charge in [-0.05, 0) is 48.9 Å². The Morgan fingerprint density at radius 1 is 0.966 bits per heavy atom. The van der Waals surface area contributed by atoms with E-state index < -0.39 is 10.0 Å². The Bertz CT molecular complexity index is 1110. The van der Waals surface area contributed by atoms with Crippen LogP contribution in [0.25, 0.3) is 0 Å². The van der Waals surface area contributed by atoms with Gasteiger partial charge in [-0.3, -0.25) is 4.79 Å². The van der Waals surface area contributed by atoms with Crippen molar-refractivity contribution in [1.29, 1.82) is 0 Å². The normalized spacial score (nSPS) is 22.2. The van der Waals surface area contributed by atoms with Crippen LogP contribution in [0.4, 0.5) is 0 Å². The monoisotopic (exact) mass is 409 g/mol. The number of nitrogens with zero attached hydrogens (tertiary/aromatic N) is 3. The molecule has 0 saturated carbocycles. The summed E-state index contributed by atoms with van der Waals surface area (Å²) in [7, 11) is -3.62. The SMILES string of the molecule is O=C1N=C(c2cccc(S(=O)(=O)N3CCc4ccccc4C3)c2)N2CCCC[C@@H]12. The van der Waals surface area contributed by atoms with Crippen LogP contribution in [0.15, 0.2) is 58.4 Å². The largest absolute Gasteiger partial charge is 0.344 e. The zero-order valence-corrected chi connectivity index (χ0v) is 16.9. The molecule has 0 radical (unpaired) electrons. The molecule has 7 heteroatoms. The number of hydrogen-bond donors (Lipinski definition) is 0. The second kappa shape index (κ2) is 7.07. The van der Waals surface area contributed by atoms with Gasteiger partial charge in [-0.2, -0.15) is 9.30 Å². The van der Waals surface area contributed by atoms with Gasteiger partial charge in [-0.15, -0.1) is 0 Å². The van der Waals surface area contributed by atoms with Crippen LogP contribution in [0.5, 0.6) is 0 Å². The van der Waals surface area contributed by atoms with E-state index in [0.717, 1.165) is 31.4 Å². The van der Waals surface area contributed by atoms with Crippen LogP contribution in [0.2, 0.25) is 0 Å². The summed E-state index contributed by atoms with van der Waals surface area (Å²) in [5, 5.41) is 0. The Labute approximate surface area is 170 Å². The molecule has 1 saturated heterocycles. The summed E-state index contributed by atoms with van der Waals surface area (Å²) in [5.74, 6) is 0.501. The van der Waals surface area contributed by atoms with E-state index in [1.54, 1.807) is 22.5 Å². The number of piperidine rings is 1. The Balaban J connectivity index is 1.45. The Morgan fingerprint density at radius 3 is 2.66 bits per heavy atom. The first-order valence-corrected chi connectivity index (χ1v) is 11.5. The van der Waals surface area contributed by atoms with Crippen LogP contribution in [0, 0.1) is 0 Å². The van der Waals surface area contributed by atoms with Crippen LogP contribution >= 0.6 is 0 Å². The van der Waals surface area contributed by atoms with Gasteiger partial charge in [0.2, 0.25) is 10.0 Å². The maximum Gasteiger partial charge on any atom is 0.270 e. The van der Waals surface area contributed by atoms with Crippen molar-refractivity contribution in [2.24, 2.45) is 4.99 Å². The molecule has 1 atom stereocenters. The van der Waals surface area contributed by atoms with E-state index in [2.05, 4.69) is 11.1 Å². The molecule has 3 aliphatic rings. The summed E-state index contributed by atoms with van der Waals surface area (Å²) < 4.78 is 28.2. The summed E-state index contributed by atoms with van der Waals surface area (Å²) in [6.45, 7) is 1.64. The predicted octanol–water partition coefficient (Wildman–Crippen LogP) is 2.57. The molecule has 2 aromatic carbocycles. The lowest BCUT2D eigenvalue weighted by Crippen LogP contribution is -2.42. The molecule has 1 amide bonds. The highest BCUT2D eigenvalue weighted by molar-refractivity contribution is 7.89. The minimum atomic E-state index is -3.62. The highest BCUT2D eigenvalue weighted by atomic mass is 32.2. The maximum absolute atomic E-state index is 13.3. The molecule has 5 rings (SSSR count). The Hall–Kier alpha value is -2.51. The molecular formula is C22H23N3O3S. The lowest BCUT2D eigenvalue weighted by molar-refractivity contribution is -0.120. The Morgan fingerprint density at radius 2 is 1.79 bits per heavy atom. The van der Waals surface area contributed by atoms with Gasteiger partial charge in [-0.25, -0.2) is 8.42 Å². The number of benzene rings is 2. The van der Waals surface area contributed by atoms with Gasteiger partial charge in [0.1, 0.15) is 11.9 Å². The first kappa shape index (κ1) is 18.5. The fourth-order valence-electron chi connectivity index (χ4n) is 4.54. The lowest BCUT2D eigenvalue weighted by atomic mass is 10.0. The van der Waals surface area contributed by atoms with Gasteiger partial charge >= 0.3 is 0 Å². The van der Waals surface area contributed by atoms with Crippen molar-refractivity contribution in [2.45, 2.75) is 43.2 Å². The van der Waals surface area contributed by atoms with E-state index in [1.165, 1.54) is 5.56 Å². The van der Waals surface area contributed by atoms with E-state index in [4.69, 9.17) is 0 Å². The summed E-state index contributed by atoms with van der Waals surface area (Å²) in [5.41, 5.74) is 2.96. The first-order chi connectivity index (χ1) is 14.0. The number of carbonyl (C=O) groups is 1. The molecule has 3 aliphatic heterocycles. The summed E-state index contributed by atoms with van der Waals surface area (Å²) in [6, 6.07) is 14.7. The van der Waals surface area contributed by atoms with Crippen LogP contribution in [0.1, 0.15) is 36.0 Å². The number of amides is 1. The smallest absolute Gasteiger partial charge is 0.270 e. The minimum Gasteiger partial charge on any atom is -0.344 e. The van der Waals surface area contributed by atoms with E-state index in [9.17, 15) is 13.2 Å². The van der Waals surface area contributed by atoms with Crippen molar-refractivity contribution in [2.75, 3.05) is 13.1 Å². The van der Waals surface area contributed by atoms with Crippen LogP contribution in [0.3, 0.4) is 0 Å². The first-order valence-electron chi connectivity index (χ1n) is 10.1. The summed E-state index contributed by atoms with van der Waals surface area (Å²) in [4.78, 5) is 18.8. The van der Waals surface area contributed by atoms with Crippen molar-refractivity contribution < 1.29 is 13.2 Å². The van der Waals surface area contributed by atoms with Gasteiger partial charge in [0.05, 0.1) is 4.90 Å². The number of hydrogen-bond acceptors (Lipinski definition) is 4. The second-order valence-corrected chi connectivity index (χ2v) is 9.80. The molecule has 150 valence electrons. The molecule has 6 nitrogen and oxygen atoms in total. The number of rotatable bonds is 3. The van der Waals surface area contributed by atoms with E-state index in [1.807, 2.05) is 29.2 Å². The quantitative estimate of drug-likeness (QED) is 0.781. The summed E-state index contributed by atoms with van der Waals surface area (Å²) in [6.07, 6.45) is 3.58. The predicted molar refractivity (Wildman–Crippen MR) is 110 cm³/mol. The van der Waals surface area contributed by atoms with Gasteiger partial charge in [0, 0.05) is 25.2 Å². The topological polar surface area (TPSA) is 70.0 Å². The highest BCUT2D eigenvalue weighted by Crippen LogP contribution is 2.29. The average molecular weight is 410 g/mol. The number of fused-ring (bicyclic) bond motifs is 2. The van der Waals surface area contributed by atoms with Crippen LogP contribution in [-0.4, -0.2) is 48.5 Å². The van der Waals surface area contributed by atoms with Gasteiger partial charge in [0.15, 0.2) is 0 Å². The molecule has 0 spiro atoms. The van der Waals surface area contributed by atoms with Crippen molar-refractivity contribution in [3.05, 3.63) is 65.2 Å².